The Morgan fingerprint density at radius 3 is 2.69 bits per heavy atom. The summed E-state index contributed by atoms with van der Waals surface area (Å²) in [4.78, 5) is 2.79. The summed E-state index contributed by atoms with van der Waals surface area (Å²) >= 11 is 0.752. The van der Waals surface area contributed by atoms with E-state index in [0.717, 1.165) is 23.9 Å². The van der Waals surface area contributed by atoms with E-state index < -0.39 is 44.7 Å². The summed E-state index contributed by atoms with van der Waals surface area (Å²) < 4.78 is 84.0. The largest absolute Gasteiger partial charge is 0.349 e. The second-order valence-electron chi connectivity index (χ2n) is 6.76. The van der Waals surface area contributed by atoms with Gasteiger partial charge in [-0.2, -0.15) is 4.37 Å². The van der Waals surface area contributed by atoms with Crippen LogP contribution >= 0.6 is 11.5 Å². The molecule has 2 unspecified atom stereocenters. The van der Waals surface area contributed by atoms with Crippen LogP contribution in [0.4, 0.5) is 18.3 Å². The molecule has 1 fully saturated rings. The van der Waals surface area contributed by atoms with Crippen molar-refractivity contribution in [1.29, 1.82) is 0 Å². The quantitative estimate of drug-likeness (QED) is 0.529. The van der Waals surface area contributed by atoms with Gasteiger partial charge >= 0.3 is 0 Å². The Kier molecular flexibility index (Phi) is 6.71. The van der Waals surface area contributed by atoms with Crippen molar-refractivity contribution in [3.63, 3.8) is 0 Å². The van der Waals surface area contributed by atoms with Gasteiger partial charge in [0.05, 0.1) is 19.3 Å². The summed E-state index contributed by atoms with van der Waals surface area (Å²) in [6.45, 7) is 0.476. The Bertz CT molecular complexity index is 1180. The molecule has 13 heteroatoms. The maximum Gasteiger partial charge on any atom is 0.266 e. The second-order valence-corrected chi connectivity index (χ2v) is 9.19. The van der Waals surface area contributed by atoms with Gasteiger partial charge in [0.2, 0.25) is 5.13 Å². The molecule has 1 aliphatic heterocycles. The van der Waals surface area contributed by atoms with Crippen LogP contribution in [-0.2, 0) is 26.1 Å². The Balaban J connectivity index is 1.49. The predicted molar refractivity (Wildman–Crippen MR) is 109 cm³/mol. The van der Waals surface area contributed by atoms with E-state index in [1.54, 1.807) is 12.1 Å². The number of hydrogen-bond acceptors (Lipinski definition) is 8. The molecular weight excluding hydrogens is 469 g/mol. The molecule has 2 aromatic carbocycles. The summed E-state index contributed by atoms with van der Waals surface area (Å²) in [5.41, 5.74) is 0.510. The number of nitrogens with zero attached hydrogens (tertiary/aromatic N) is 2. The smallest absolute Gasteiger partial charge is 0.266 e. The van der Waals surface area contributed by atoms with Gasteiger partial charge in [0.1, 0.15) is 28.7 Å². The summed E-state index contributed by atoms with van der Waals surface area (Å²) in [5, 5.41) is 3.10. The van der Waals surface area contributed by atoms with Gasteiger partial charge in [0, 0.05) is 23.6 Å². The standard InChI is InChI=1S/C19H17F3N4O4S2/c20-13-3-1-11(2-4-13)17-18(29-6-5-23-17)30-9-12-7-15(22)16(8-14(12)21)32(27,28)26-19-24-10-25-31-19/h1-4,7-8,10,17-18,23H,5-6,9H2,(H,24,25,26). The van der Waals surface area contributed by atoms with Gasteiger partial charge in [-0.3, -0.25) is 4.72 Å². The molecule has 0 bridgehead atoms. The van der Waals surface area contributed by atoms with Crippen LogP contribution in [0.5, 0.6) is 0 Å². The van der Waals surface area contributed by atoms with Crippen LogP contribution in [0.2, 0.25) is 0 Å². The predicted octanol–water partition coefficient (Wildman–Crippen LogP) is 2.96. The molecule has 2 heterocycles. The lowest BCUT2D eigenvalue weighted by Crippen LogP contribution is -2.43. The Labute approximate surface area is 185 Å². The highest BCUT2D eigenvalue weighted by molar-refractivity contribution is 7.93. The molecule has 2 N–H and O–H groups in total. The van der Waals surface area contributed by atoms with Crippen LogP contribution in [-0.4, -0.2) is 37.2 Å². The average Bonchev–Trinajstić information content (AvgIpc) is 3.27. The van der Waals surface area contributed by atoms with Crippen molar-refractivity contribution in [2.75, 3.05) is 17.9 Å². The summed E-state index contributed by atoms with van der Waals surface area (Å²) in [7, 11) is -4.40. The van der Waals surface area contributed by atoms with Crippen molar-refractivity contribution in [3.05, 3.63) is 71.3 Å². The van der Waals surface area contributed by atoms with Gasteiger partial charge in [-0.25, -0.2) is 26.6 Å². The van der Waals surface area contributed by atoms with Crippen molar-refractivity contribution in [3.8, 4) is 0 Å². The van der Waals surface area contributed by atoms with Crippen molar-refractivity contribution < 1.29 is 31.1 Å². The summed E-state index contributed by atoms with van der Waals surface area (Å²) in [6, 6.07) is 6.63. The van der Waals surface area contributed by atoms with Crippen LogP contribution < -0.4 is 10.0 Å². The van der Waals surface area contributed by atoms with Crippen molar-refractivity contribution in [2.24, 2.45) is 0 Å². The van der Waals surface area contributed by atoms with Crippen molar-refractivity contribution >= 4 is 26.7 Å². The van der Waals surface area contributed by atoms with E-state index in [2.05, 4.69) is 14.7 Å². The number of ether oxygens (including phenoxy) is 2. The highest BCUT2D eigenvalue weighted by atomic mass is 32.2. The molecule has 1 aliphatic rings. The first-order valence-electron chi connectivity index (χ1n) is 9.33. The number of benzene rings is 2. The zero-order valence-electron chi connectivity index (χ0n) is 16.3. The number of rotatable bonds is 7. The monoisotopic (exact) mass is 486 g/mol. The van der Waals surface area contributed by atoms with Crippen LogP contribution in [0.3, 0.4) is 0 Å². The number of hydrogen-bond donors (Lipinski definition) is 2. The van der Waals surface area contributed by atoms with Crippen LogP contribution in [0, 0.1) is 17.5 Å². The molecule has 1 aromatic heterocycles. The lowest BCUT2D eigenvalue weighted by molar-refractivity contribution is -0.184. The molecule has 0 radical (unpaired) electrons. The minimum atomic E-state index is -4.40. The highest BCUT2D eigenvalue weighted by Crippen LogP contribution is 2.26. The normalized spacial score (nSPS) is 19.1. The van der Waals surface area contributed by atoms with Gasteiger partial charge in [-0.1, -0.05) is 12.1 Å². The first-order chi connectivity index (χ1) is 15.3. The molecule has 1 saturated heterocycles. The lowest BCUT2D eigenvalue weighted by atomic mass is 10.1. The molecule has 3 aromatic rings. The molecule has 0 spiro atoms. The molecular formula is C19H17F3N4O4S2. The summed E-state index contributed by atoms with van der Waals surface area (Å²) in [6.07, 6.45) is 0.278. The third-order valence-corrected chi connectivity index (χ3v) is 6.69. The van der Waals surface area contributed by atoms with Gasteiger partial charge in [-0.15, -0.1) is 0 Å². The first-order valence-corrected chi connectivity index (χ1v) is 11.6. The van der Waals surface area contributed by atoms with E-state index in [0.29, 0.717) is 24.8 Å². The Morgan fingerprint density at radius 1 is 1.19 bits per heavy atom. The minimum Gasteiger partial charge on any atom is -0.349 e. The molecule has 0 aliphatic carbocycles. The maximum atomic E-state index is 14.6. The SMILES string of the molecule is O=S(=O)(Nc1ncns1)c1cc(F)c(COC2OCCNC2c2ccc(F)cc2)cc1F. The number of morpholine rings is 1. The highest BCUT2D eigenvalue weighted by Gasteiger charge is 2.29. The first kappa shape index (κ1) is 22.6. The van der Waals surface area contributed by atoms with E-state index in [9.17, 15) is 21.6 Å². The topological polar surface area (TPSA) is 102 Å². The Morgan fingerprint density at radius 2 is 1.97 bits per heavy atom. The van der Waals surface area contributed by atoms with E-state index >= 15 is 0 Å². The van der Waals surface area contributed by atoms with Gasteiger partial charge in [0.15, 0.2) is 6.29 Å². The second kappa shape index (κ2) is 9.50. The molecule has 8 nitrogen and oxygen atoms in total. The third kappa shape index (κ3) is 5.07. The van der Waals surface area contributed by atoms with Gasteiger partial charge in [0.25, 0.3) is 10.0 Å². The molecule has 0 saturated carbocycles. The molecule has 0 amide bonds. The molecule has 2 atom stereocenters. The van der Waals surface area contributed by atoms with Crippen LogP contribution in [0.1, 0.15) is 17.2 Å². The van der Waals surface area contributed by atoms with Crippen LogP contribution in [0.15, 0.2) is 47.6 Å². The zero-order valence-corrected chi connectivity index (χ0v) is 17.9. The third-order valence-electron chi connectivity index (χ3n) is 4.63. The van der Waals surface area contributed by atoms with E-state index in [-0.39, 0.29) is 17.3 Å². The number of sulfonamides is 1. The van der Waals surface area contributed by atoms with Crippen molar-refractivity contribution in [2.45, 2.75) is 23.8 Å². The molecule has 4 rings (SSSR count). The lowest BCUT2D eigenvalue weighted by Gasteiger charge is -2.33. The fourth-order valence-corrected chi connectivity index (χ4v) is 4.85. The number of nitrogens with one attached hydrogen (secondary N) is 2. The van der Waals surface area contributed by atoms with Crippen molar-refractivity contribution in [1.82, 2.24) is 14.7 Å². The zero-order chi connectivity index (χ0) is 22.7. The Hall–Kier alpha value is -2.58. The average molecular weight is 486 g/mol. The fourth-order valence-electron chi connectivity index (χ4n) is 3.12. The minimum absolute atomic E-state index is 0.0778. The van der Waals surface area contributed by atoms with Gasteiger partial charge in [-0.05, 0) is 29.8 Å². The fraction of sp³-hybridized carbons (Fsp3) is 0.263. The van der Waals surface area contributed by atoms with E-state index in [1.165, 1.54) is 12.1 Å². The number of halogens is 3. The van der Waals surface area contributed by atoms with E-state index in [4.69, 9.17) is 9.47 Å². The number of anilines is 1. The maximum absolute atomic E-state index is 14.6. The molecule has 32 heavy (non-hydrogen) atoms. The van der Waals surface area contributed by atoms with Crippen LogP contribution in [0.25, 0.3) is 0 Å². The number of aromatic nitrogens is 2. The van der Waals surface area contributed by atoms with Gasteiger partial charge < -0.3 is 14.8 Å². The summed E-state index contributed by atoms with van der Waals surface area (Å²) in [5.74, 6) is -2.51. The molecule has 170 valence electrons. The van der Waals surface area contributed by atoms with E-state index in [1.807, 2.05) is 4.72 Å².